The van der Waals surface area contributed by atoms with Crippen molar-refractivity contribution in [3.8, 4) is 5.75 Å². The van der Waals surface area contributed by atoms with E-state index in [1.807, 2.05) is 31.2 Å². The lowest BCUT2D eigenvalue weighted by atomic mass is 10.2. The predicted octanol–water partition coefficient (Wildman–Crippen LogP) is 4.48. The van der Waals surface area contributed by atoms with E-state index in [1.165, 1.54) is 23.9 Å². The van der Waals surface area contributed by atoms with E-state index in [-0.39, 0.29) is 11.7 Å². The maximum absolute atomic E-state index is 12.8. The highest BCUT2D eigenvalue weighted by atomic mass is 19.1. The van der Waals surface area contributed by atoms with Crippen molar-refractivity contribution in [1.82, 2.24) is 5.43 Å². The lowest BCUT2D eigenvalue weighted by molar-refractivity contribution is 0.0955. The molecule has 3 rings (SSSR count). The molecule has 0 bridgehead atoms. The minimum Gasteiger partial charge on any atom is -0.489 e. The average molecular weight is 362 g/mol. The maximum Gasteiger partial charge on any atom is 0.271 e. The number of halogens is 1. The molecule has 0 aliphatic rings. The number of hydrogen-bond donors (Lipinski definition) is 1. The number of rotatable bonds is 6. The van der Waals surface area contributed by atoms with E-state index in [0.717, 1.165) is 5.56 Å². The van der Waals surface area contributed by atoms with Gasteiger partial charge in [0.1, 0.15) is 18.2 Å². The smallest absolute Gasteiger partial charge is 0.271 e. The number of amides is 1. The molecule has 0 saturated carbocycles. The van der Waals surface area contributed by atoms with Gasteiger partial charge >= 0.3 is 0 Å². The van der Waals surface area contributed by atoms with Crippen LogP contribution < -0.4 is 10.2 Å². The fourth-order valence-corrected chi connectivity index (χ4v) is 2.33. The van der Waals surface area contributed by atoms with Crippen molar-refractivity contribution in [1.29, 1.82) is 0 Å². The predicted molar refractivity (Wildman–Crippen MR) is 103 cm³/mol. The monoisotopic (exact) mass is 362 g/mol. The summed E-state index contributed by atoms with van der Waals surface area (Å²) in [7, 11) is 0. The van der Waals surface area contributed by atoms with Crippen LogP contribution in [0.3, 0.4) is 0 Å². The van der Waals surface area contributed by atoms with Crippen molar-refractivity contribution in [3.05, 3.63) is 101 Å². The third kappa shape index (κ3) is 5.51. The second-order valence-electron chi connectivity index (χ2n) is 6.05. The molecule has 3 aromatic rings. The van der Waals surface area contributed by atoms with E-state index >= 15 is 0 Å². The van der Waals surface area contributed by atoms with Crippen LogP contribution in [0.5, 0.6) is 5.75 Å². The van der Waals surface area contributed by atoms with Crippen LogP contribution in [0.15, 0.2) is 77.9 Å². The van der Waals surface area contributed by atoms with Crippen molar-refractivity contribution in [2.75, 3.05) is 0 Å². The Kier molecular flexibility index (Phi) is 5.94. The lowest BCUT2D eigenvalue weighted by Crippen LogP contribution is -2.17. The molecule has 0 saturated heterocycles. The average Bonchev–Trinajstić information content (AvgIpc) is 2.69. The molecule has 0 radical (unpaired) electrons. The van der Waals surface area contributed by atoms with Gasteiger partial charge in [-0.15, -0.1) is 0 Å². The summed E-state index contributed by atoms with van der Waals surface area (Å²) in [6.45, 7) is 2.51. The van der Waals surface area contributed by atoms with E-state index < -0.39 is 0 Å². The summed E-state index contributed by atoms with van der Waals surface area (Å²) in [5.41, 5.74) is 5.88. The SMILES string of the molecule is Cc1ccc(COc2ccc(C(=O)N/N=C\c3ccc(F)cc3)cc2)cc1. The third-order valence-corrected chi connectivity index (χ3v) is 3.89. The van der Waals surface area contributed by atoms with E-state index in [9.17, 15) is 9.18 Å². The molecule has 0 unspecified atom stereocenters. The summed E-state index contributed by atoms with van der Waals surface area (Å²) in [5, 5.41) is 3.87. The van der Waals surface area contributed by atoms with Crippen LogP contribution in [0.4, 0.5) is 4.39 Å². The number of aryl methyl sites for hydroxylation is 1. The van der Waals surface area contributed by atoms with Gasteiger partial charge in [0.2, 0.25) is 0 Å². The fraction of sp³-hybridized carbons (Fsp3) is 0.0909. The van der Waals surface area contributed by atoms with Crippen LogP contribution in [0.25, 0.3) is 0 Å². The van der Waals surface area contributed by atoms with Gasteiger partial charge in [-0.3, -0.25) is 4.79 Å². The molecule has 0 aliphatic heterocycles. The van der Waals surface area contributed by atoms with Gasteiger partial charge in [0.25, 0.3) is 5.91 Å². The highest BCUT2D eigenvalue weighted by Gasteiger charge is 2.04. The van der Waals surface area contributed by atoms with Gasteiger partial charge in [-0.2, -0.15) is 5.10 Å². The molecular formula is C22H19FN2O2. The topological polar surface area (TPSA) is 50.7 Å². The summed E-state index contributed by atoms with van der Waals surface area (Å²) < 4.78 is 18.6. The molecule has 5 heteroatoms. The Morgan fingerprint density at radius 1 is 1.00 bits per heavy atom. The van der Waals surface area contributed by atoms with Crippen LogP contribution in [0.1, 0.15) is 27.0 Å². The highest BCUT2D eigenvalue weighted by Crippen LogP contribution is 2.14. The van der Waals surface area contributed by atoms with Crippen LogP contribution in [0, 0.1) is 12.7 Å². The molecule has 1 amide bonds. The molecule has 0 aliphatic carbocycles. The van der Waals surface area contributed by atoms with Gasteiger partial charge < -0.3 is 4.74 Å². The van der Waals surface area contributed by atoms with Gasteiger partial charge in [-0.05, 0) is 54.4 Å². The summed E-state index contributed by atoms with van der Waals surface area (Å²) in [6, 6.07) is 20.8. The molecule has 136 valence electrons. The van der Waals surface area contributed by atoms with E-state index in [1.54, 1.807) is 36.4 Å². The van der Waals surface area contributed by atoms with Crippen LogP contribution in [-0.4, -0.2) is 12.1 Å². The molecule has 0 heterocycles. The molecule has 27 heavy (non-hydrogen) atoms. The van der Waals surface area contributed by atoms with Crippen molar-refractivity contribution in [2.24, 2.45) is 5.10 Å². The molecule has 0 spiro atoms. The number of nitrogens with zero attached hydrogens (tertiary/aromatic N) is 1. The Morgan fingerprint density at radius 2 is 1.67 bits per heavy atom. The minimum absolute atomic E-state index is 0.319. The number of hydrogen-bond acceptors (Lipinski definition) is 3. The largest absolute Gasteiger partial charge is 0.489 e. The Bertz CT molecular complexity index is 918. The number of nitrogens with one attached hydrogen (secondary N) is 1. The molecule has 3 aromatic carbocycles. The Labute approximate surface area is 157 Å². The quantitative estimate of drug-likeness (QED) is 0.519. The number of benzene rings is 3. The van der Waals surface area contributed by atoms with Crippen molar-refractivity contribution < 1.29 is 13.9 Å². The molecule has 4 nitrogen and oxygen atoms in total. The third-order valence-electron chi connectivity index (χ3n) is 3.89. The number of hydrazone groups is 1. The zero-order valence-corrected chi connectivity index (χ0v) is 14.9. The van der Waals surface area contributed by atoms with Crippen molar-refractivity contribution in [2.45, 2.75) is 13.5 Å². The number of carbonyl (C=O) groups is 1. The Balaban J connectivity index is 1.52. The second kappa shape index (κ2) is 8.76. The molecule has 0 atom stereocenters. The normalized spacial score (nSPS) is 10.7. The van der Waals surface area contributed by atoms with Gasteiger partial charge in [0, 0.05) is 5.56 Å². The standard InChI is InChI=1S/C22H19FN2O2/c1-16-2-4-18(5-3-16)15-27-21-12-8-19(9-13-21)22(26)25-24-14-17-6-10-20(23)11-7-17/h2-14H,15H2,1H3,(H,25,26)/b24-14-. The maximum atomic E-state index is 12.8. The molecule has 0 fully saturated rings. The zero-order valence-electron chi connectivity index (χ0n) is 14.9. The minimum atomic E-state index is -0.335. The fourth-order valence-electron chi connectivity index (χ4n) is 2.33. The highest BCUT2D eigenvalue weighted by molar-refractivity contribution is 5.94. The van der Waals surface area contributed by atoms with Gasteiger partial charge in [0.15, 0.2) is 0 Å². The number of carbonyl (C=O) groups excluding carboxylic acids is 1. The summed E-state index contributed by atoms with van der Waals surface area (Å²) in [5.74, 6) is 0.0289. The lowest BCUT2D eigenvalue weighted by Gasteiger charge is -2.07. The second-order valence-corrected chi connectivity index (χ2v) is 6.05. The summed E-state index contributed by atoms with van der Waals surface area (Å²) in [4.78, 5) is 12.1. The van der Waals surface area contributed by atoms with Gasteiger partial charge in [-0.1, -0.05) is 42.0 Å². The Hall–Kier alpha value is -3.47. The first-order valence-electron chi connectivity index (χ1n) is 8.47. The van der Waals surface area contributed by atoms with Crippen molar-refractivity contribution in [3.63, 3.8) is 0 Å². The van der Waals surface area contributed by atoms with E-state index in [0.29, 0.717) is 23.5 Å². The van der Waals surface area contributed by atoms with Gasteiger partial charge in [-0.25, -0.2) is 9.82 Å². The first kappa shape index (κ1) is 18.3. The molecular weight excluding hydrogens is 343 g/mol. The van der Waals surface area contributed by atoms with Gasteiger partial charge in [0.05, 0.1) is 6.21 Å². The van der Waals surface area contributed by atoms with E-state index in [4.69, 9.17) is 4.74 Å². The van der Waals surface area contributed by atoms with E-state index in [2.05, 4.69) is 10.5 Å². The zero-order chi connectivity index (χ0) is 19.1. The molecule has 0 aromatic heterocycles. The van der Waals surface area contributed by atoms with Crippen LogP contribution >= 0.6 is 0 Å². The number of ether oxygens (including phenoxy) is 1. The summed E-state index contributed by atoms with van der Waals surface area (Å²) >= 11 is 0. The van der Waals surface area contributed by atoms with Crippen LogP contribution in [-0.2, 0) is 6.61 Å². The van der Waals surface area contributed by atoms with Crippen molar-refractivity contribution >= 4 is 12.1 Å². The Morgan fingerprint density at radius 3 is 2.33 bits per heavy atom. The van der Waals surface area contributed by atoms with Crippen LogP contribution in [0.2, 0.25) is 0 Å². The molecule has 1 N–H and O–H groups in total. The summed E-state index contributed by atoms with van der Waals surface area (Å²) in [6.07, 6.45) is 1.45. The first-order chi connectivity index (χ1) is 13.1. The first-order valence-corrected chi connectivity index (χ1v) is 8.47.